The zero-order chi connectivity index (χ0) is 17.1. The second-order valence-electron chi connectivity index (χ2n) is 6.37. The maximum absolute atomic E-state index is 12.5. The number of benzene rings is 1. The van der Waals surface area contributed by atoms with E-state index < -0.39 is 0 Å². The van der Waals surface area contributed by atoms with Crippen LogP contribution in [0.5, 0.6) is 0 Å². The van der Waals surface area contributed by atoms with Gasteiger partial charge in [-0.25, -0.2) is 9.97 Å². The van der Waals surface area contributed by atoms with Crippen LogP contribution in [0.3, 0.4) is 0 Å². The fraction of sp³-hybridized carbons (Fsp3) is 0.389. The average molecular weight is 345 g/mol. The molecule has 0 radical (unpaired) electrons. The van der Waals surface area contributed by atoms with Crippen LogP contribution in [-0.4, -0.2) is 33.9 Å². The Kier molecular flexibility index (Phi) is 5.00. The van der Waals surface area contributed by atoms with Gasteiger partial charge in [-0.2, -0.15) is 0 Å². The van der Waals surface area contributed by atoms with E-state index in [1.54, 1.807) is 6.20 Å². The summed E-state index contributed by atoms with van der Waals surface area (Å²) in [5.41, 5.74) is 2.24. The van der Waals surface area contributed by atoms with Gasteiger partial charge in [0.2, 0.25) is 0 Å². The van der Waals surface area contributed by atoms with E-state index in [9.17, 15) is 4.79 Å². The predicted molar refractivity (Wildman–Crippen MR) is 95.8 cm³/mol. The molecule has 0 spiro atoms. The third-order valence-corrected chi connectivity index (χ3v) is 4.67. The Morgan fingerprint density at radius 3 is 2.83 bits per heavy atom. The van der Waals surface area contributed by atoms with E-state index in [4.69, 9.17) is 11.6 Å². The molecular weight excluding hydrogens is 324 g/mol. The smallest absolute Gasteiger partial charge is 0.274 e. The fourth-order valence-corrected chi connectivity index (χ4v) is 3.04. The first kappa shape index (κ1) is 16.7. The lowest BCUT2D eigenvalue weighted by Gasteiger charge is -2.30. The summed E-state index contributed by atoms with van der Waals surface area (Å²) in [5.74, 6) is 1.08. The number of aryl methyl sites for hydroxylation is 1. The maximum atomic E-state index is 12.5. The van der Waals surface area contributed by atoms with Crippen LogP contribution in [0.4, 0.5) is 11.5 Å². The standard InChI is InChI=1S/C18H21ClN4O/c1-12-4-3-7-23(11-12)18(24)16-9-21-17(10-20-16)22-14-6-5-13(2)15(19)8-14/h5-6,8-10,12H,3-4,7,11H2,1-2H3,(H,21,22). The van der Waals surface area contributed by atoms with Crippen LogP contribution >= 0.6 is 11.6 Å². The van der Waals surface area contributed by atoms with Gasteiger partial charge in [0.1, 0.15) is 11.5 Å². The highest BCUT2D eigenvalue weighted by Crippen LogP contribution is 2.22. The molecule has 1 amide bonds. The number of halogens is 1. The minimum Gasteiger partial charge on any atom is -0.339 e. The molecule has 0 saturated carbocycles. The molecule has 24 heavy (non-hydrogen) atoms. The van der Waals surface area contributed by atoms with Gasteiger partial charge in [0.05, 0.1) is 12.4 Å². The van der Waals surface area contributed by atoms with Crippen molar-refractivity contribution in [2.75, 3.05) is 18.4 Å². The number of hydrogen-bond acceptors (Lipinski definition) is 4. The highest BCUT2D eigenvalue weighted by molar-refractivity contribution is 6.31. The van der Waals surface area contributed by atoms with Crippen molar-refractivity contribution in [2.24, 2.45) is 5.92 Å². The summed E-state index contributed by atoms with van der Waals surface area (Å²) in [4.78, 5) is 22.9. The number of piperidine rings is 1. The number of amides is 1. The Hall–Kier alpha value is -2.14. The van der Waals surface area contributed by atoms with Gasteiger partial charge in [0.25, 0.3) is 5.91 Å². The molecule has 1 aliphatic rings. The Morgan fingerprint density at radius 2 is 2.17 bits per heavy atom. The largest absolute Gasteiger partial charge is 0.339 e. The first-order valence-electron chi connectivity index (χ1n) is 8.17. The lowest BCUT2D eigenvalue weighted by Crippen LogP contribution is -2.39. The van der Waals surface area contributed by atoms with Crippen molar-refractivity contribution in [2.45, 2.75) is 26.7 Å². The quantitative estimate of drug-likeness (QED) is 0.912. The Bertz CT molecular complexity index is 732. The Balaban J connectivity index is 1.68. The minimum absolute atomic E-state index is 0.0426. The van der Waals surface area contributed by atoms with Crippen molar-refractivity contribution < 1.29 is 4.79 Å². The van der Waals surface area contributed by atoms with Gasteiger partial charge < -0.3 is 10.2 Å². The molecule has 1 aliphatic heterocycles. The molecule has 2 heterocycles. The zero-order valence-corrected chi connectivity index (χ0v) is 14.7. The lowest BCUT2D eigenvalue weighted by atomic mass is 10.0. The highest BCUT2D eigenvalue weighted by atomic mass is 35.5. The minimum atomic E-state index is -0.0426. The summed E-state index contributed by atoms with van der Waals surface area (Å²) in [6, 6.07) is 5.71. The summed E-state index contributed by atoms with van der Waals surface area (Å²) in [7, 11) is 0. The van der Waals surface area contributed by atoms with E-state index in [2.05, 4.69) is 22.2 Å². The van der Waals surface area contributed by atoms with E-state index in [0.29, 0.717) is 22.5 Å². The number of aromatic nitrogens is 2. The third-order valence-electron chi connectivity index (χ3n) is 4.26. The number of carbonyl (C=O) groups excluding carboxylic acids is 1. The van der Waals surface area contributed by atoms with E-state index in [0.717, 1.165) is 30.8 Å². The second kappa shape index (κ2) is 7.18. The first-order valence-corrected chi connectivity index (χ1v) is 8.55. The summed E-state index contributed by atoms with van der Waals surface area (Å²) in [5, 5.41) is 3.84. The fourth-order valence-electron chi connectivity index (χ4n) is 2.86. The molecule has 0 bridgehead atoms. The molecule has 5 nitrogen and oxygen atoms in total. The summed E-state index contributed by atoms with van der Waals surface area (Å²) in [6.45, 7) is 5.72. The Morgan fingerprint density at radius 1 is 1.33 bits per heavy atom. The van der Waals surface area contributed by atoms with Crippen LogP contribution < -0.4 is 5.32 Å². The van der Waals surface area contributed by atoms with Crippen molar-refractivity contribution in [1.82, 2.24) is 14.9 Å². The van der Waals surface area contributed by atoms with Crippen LogP contribution in [0.15, 0.2) is 30.6 Å². The number of hydrogen-bond donors (Lipinski definition) is 1. The van der Waals surface area contributed by atoms with Crippen molar-refractivity contribution in [3.05, 3.63) is 46.9 Å². The topological polar surface area (TPSA) is 58.1 Å². The third kappa shape index (κ3) is 3.85. The SMILES string of the molecule is Cc1ccc(Nc2cnc(C(=O)N3CCCC(C)C3)cn2)cc1Cl. The van der Waals surface area contributed by atoms with Gasteiger partial charge >= 0.3 is 0 Å². The van der Waals surface area contributed by atoms with Crippen molar-refractivity contribution in [3.63, 3.8) is 0 Å². The summed E-state index contributed by atoms with van der Waals surface area (Å²) < 4.78 is 0. The molecule has 1 aromatic carbocycles. The molecule has 1 fully saturated rings. The van der Waals surface area contributed by atoms with Gasteiger partial charge in [0, 0.05) is 23.8 Å². The molecule has 2 aromatic rings. The number of carbonyl (C=O) groups is 1. The molecule has 1 atom stereocenters. The lowest BCUT2D eigenvalue weighted by molar-refractivity contribution is 0.0676. The van der Waals surface area contributed by atoms with Crippen LogP contribution in [0, 0.1) is 12.8 Å². The molecule has 1 aromatic heterocycles. The monoisotopic (exact) mass is 344 g/mol. The van der Waals surface area contributed by atoms with Gasteiger partial charge in [-0.3, -0.25) is 4.79 Å². The van der Waals surface area contributed by atoms with Crippen LogP contribution in [0.25, 0.3) is 0 Å². The maximum Gasteiger partial charge on any atom is 0.274 e. The van der Waals surface area contributed by atoms with Crippen molar-refractivity contribution in [3.8, 4) is 0 Å². The van der Waals surface area contributed by atoms with Gasteiger partial charge in [0.15, 0.2) is 0 Å². The van der Waals surface area contributed by atoms with Gasteiger partial charge in [-0.15, -0.1) is 0 Å². The average Bonchev–Trinajstić information content (AvgIpc) is 2.58. The van der Waals surface area contributed by atoms with Crippen molar-refractivity contribution in [1.29, 1.82) is 0 Å². The zero-order valence-electron chi connectivity index (χ0n) is 13.9. The first-order chi connectivity index (χ1) is 11.5. The normalized spacial score (nSPS) is 17.6. The van der Waals surface area contributed by atoms with Gasteiger partial charge in [-0.1, -0.05) is 24.6 Å². The van der Waals surface area contributed by atoms with E-state index >= 15 is 0 Å². The van der Waals surface area contributed by atoms with Crippen LogP contribution in [0.2, 0.25) is 5.02 Å². The van der Waals surface area contributed by atoms with E-state index in [1.165, 1.54) is 12.6 Å². The number of nitrogens with one attached hydrogen (secondary N) is 1. The number of likely N-dealkylation sites (tertiary alicyclic amines) is 1. The molecule has 1 saturated heterocycles. The molecule has 6 heteroatoms. The molecule has 1 N–H and O–H groups in total. The molecule has 126 valence electrons. The van der Waals surface area contributed by atoms with Crippen molar-refractivity contribution >= 4 is 29.0 Å². The number of nitrogens with zero attached hydrogens (tertiary/aromatic N) is 3. The highest BCUT2D eigenvalue weighted by Gasteiger charge is 2.23. The van der Waals surface area contributed by atoms with Crippen LogP contribution in [0.1, 0.15) is 35.8 Å². The number of rotatable bonds is 3. The number of anilines is 2. The molecular formula is C18H21ClN4O. The Labute approximate surface area is 147 Å². The molecule has 3 rings (SSSR count). The van der Waals surface area contributed by atoms with Crippen LogP contribution in [-0.2, 0) is 0 Å². The second-order valence-corrected chi connectivity index (χ2v) is 6.78. The van der Waals surface area contributed by atoms with E-state index in [-0.39, 0.29) is 5.91 Å². The summed E-state index contributed by atoms with van der Waals surface area (Å²) in [6.07, 6.45) is 5.33. The summed E-state index contributed by atoms with van der Waals surface area (Å²) >= 11 is 6.12. The van der Waals surface area contributed by atoms with Gasteiger partial charge in [-0.05, 0) is 43.4 Å². The predicted octanol–water partition coefficient (Wildman–Crippen LogP) is 4.05. The molecule has 1 unspecified atom stereocenters. The molecule has 0 aliphatic carbocycles. The van der Waals surface area contributed by atoms with E-state index in [1.807, 2.05) is 30.0 Å².